The van der Waals surface area contributed by atoms with Crippen molar-refractivity contribution in [1.29, 1.82) is 0 Å². The van der Waals surface area contributed by atoms with E-state index in [1.165, 1.54) is 19.1 Å². The minimum atomic E-state index is -0.612. The van der Waals surface area contributed by atoms with Crippen molar-refractivity contribution >= 4 is 39.3 Å². The van der Waals surface area contributed by atoms with Gasteiger partial charge in [-0.15, -0.1) is 0 Å². The van der Waals surface area contributed by atoms with E-state index in [-0.39, 0.29) is 18.9 Å². The Morgan fingerprint density at radius 2 is 1.93 bits per heavy atom. The molecule has 0 radical (unpaired) electrons. The lowest BCUT2D eigenvalue weighted by Crippen LogP contribution is -2.45. The van der Waals surface area contributed by atoms with Crippen LogP contribution in [0.2, 0.25) is 0 Å². The molecule has 3 amide bonds. The summed E-state index contributed by atoms with van der Waals surface area (Å²) in [4.78, 5) is 38.7. The minimum Gasteiger partial charge on any atom is -0.497 e. The van der Waals surface area contributed by atoms with Gasteiger partial charge in [0.15, 0.2) is 0 Å². The molecule has 1 aromatic carbocycles. The molecule has 0 bridgehead atoms. The number of carbonyl (C=O) groups excluding carboxylic acids is 3. The van der Waals surface area contributed by atoms with Crippen LogP contribution in [0.3, 0.4) is 0 Å². The molecule has 0 spiro atoms. The molecule has 1 aliphatic rings. The summed E-state index contributed by atoms with van der Waals surface area (Å²) in [6.45, 7) is 0.166. The van der Waals surface area contributed by atoms with Gasteiger partial charge in [0.1, 0.15) is 17.2 Å². The number of benzene rings is 1. The first-order valence-electron chi connectivity index (χ1n) is 8.78. The standard InChI is InChI=1S/C19H21BrN4O5/c1-23-10-12(20)7-15(23)19(27)22-21-18(26)11-6-17(25)24(9-11)14-8-13(28-2)4-5-16(14)29-3/h4-5,7-8,10-11H,6,9H2,1-3H3,(H,21,26)(H,22,27). The summed E-state index contributed by atoms with van der Waals surface area (Å²) in [5.74, 6) is -0.648. The highest BCUT2D eigenvalue weighted by atomic mass is 79.9. The van der Waals surface area contributed by atoms with E-state index in [2.05, 4.69) is 26.8 Å². The zero-order valence-electron chi connectivity index (χ0n) is 16.2. The molecule has 1 atom stereocenters. The lowest BCUT2D eigenvalue weighted by atomic mass is 10.1. The van der Waals surface area contributed by atoms with Crippen LogP contribution >= 0.6 is 15.9 Å². The number of nitrogens with one attached hydrogen (secondary N) is 2. The number of carbonyl (C=O) groups is 3. The first kappa shape index (κ1) is 20.7. The van der Waals surface area contributed by atoms with Crippen LogP contribution in [0.4, 0.5) is 5.69 Å². The molecule has 2 N–H and O–H groups in total. The van der Waals surface area contributed by atoms with E-state index in [1.54, 1.807) is 42.1 Å². The Bertz CT molecular complexity index is 958. The average molecular weight is 465 g/mol. The van der Waals surface area contributed by atoms with Crippen LogP contribution in [-0.2, 0) is 16.6 Å². The normalized spacial score (nSPS) is 15.9. The van der Waals surface area contributed by atoms with Gasteiger partial charge in [0, 0.05) is 36.7 Å². The van der Waals surface area contributed by atoms with E-state index in [1.807, 2.05) is 0 Å². The quantitative estimate of drug-likeness (QED) is 0.654. The number of aromatic nitrogens is 1. The fraction of sp³-hybridized carbons (Fsp3) is 0.316. The van der Waals surface area contributed by atoms with E-state index in [9.17, 15) is 14.4 Å². The Labute approximate surface area is 176 Å². The third kappa shape index (κ3) is 4.37. The Balaban J connectivity index is 1.66. The molecule has 1 aromatic heterocycles. The molecule has 154 valence electrons. The summed E-state index contributed by atoms with van der Waals surface area (Å²) in [7, 11) is 4.76. The first-order valence-corrected chi connectivity index (χ1v) is 9.57. The fourth-order valence-corrected chi connectivity index (χ4v) is 3.68. The number of anilines is 1. The predicted molar refractivity (Wildman–Crippen MR) is 109 cm³/mol. The molecule has 1 fully saturated rings. The Morgan fingerprint density at radius 1 is 1.17 bits per heavy atom. The average Bonchev–Trinajstić information content (AvgIpc) is 3.26. The van der Waals surface area contributed by atoms with Gasteiger partial charge in [0.25, 0.3) is 5.91 Å². The van der Waals surface area contributed by atoms with Crippen molar-refractivity contribution < 1.29 is 23.9 Å². The second kappa shape index (κ2) is 8.56. The molecular weight excluding hydrogens is 444 g/mol. The third-order valence-corrected chi connectivity index (χ3v) is 5.11. The number of nitrogens with zero attached hydrogens (tertiary/aromatic N) is 2. The van der Waals surface area contributed by atoms with E-state index in [4.69, 9.17) is 9.47 Å². The number of hydrogen-bond acceptors (Lipinski definition) is 5. The molecule has 1 unspecified atom stereocenters. The summed E-state index contributed by atoms with van der Waals surface area (Å²) in [6.07, 6.45) is 1.75. The van der Waals surface area contributed by atoms with Gasteiger partial charge in [-0.25, -0.2) is 0 Å². The zero-order valence-corrected chi connectivity index (χ0v) is 17.8. The SMILES string of the molecule is COc1ccc(OC)c(N2CC(C(=O)NNC(=O)c3cc(Br)cn3C)CC2=O)c1. The summed E-state index contributed by atoms with van der Waals surface area (Å²) in [5.41, 5.74) is 5.70. The van der Waals surface area contributed by atoms with Crippen molar-refractivity contribution in [2.45, 2.75) is 6.42 Å². The van der Waals surface area contributed by atoms with Gasteiger partial charge in [-0.3, -0.25) is 25.2 Å². The lowest BCUT2D eigenvalue weighted by molar-refractivity contribution is -0.126. The first-order chi connectivity index (χ1) is 13.8. The molecule has 1 saturated heterocycles. The van der Waals surface area contributed by atoms with Gasteiger partial charge in [0.05, 0.1) is 25.8 Å². The second-order valence-corrected chi connectivity index (χ2v) is 7.46. The second-order valence-electron chi connectivity index (χ2n) is 6.54. The summed E-state index contributed by atoms with van der Waals surface area (Å²) < 4.78 is 12.9. The molecule has 29 heavy (non-hydrogen) atoms. The van der Waals surface area contributed by atoms with E-state index < -0.39 is 17.7 Å². The third-order valence-electron chi connectivity index (χ3n) is 4.68. The summed E-state index contributed by atoms with van der Waals surface area (Å²) >= 11 is 3.29. The van der Waals surface area contributed by atoms with Gasteiger partial charge in [0.2, 0.25) is 11.8 Å². The van der Waals surface area contributed by atoms with Crippen LogP contribution in [0.15, 0.2) is 34.9 Å². The number of hydrogen-bond donors (Lipinski definition) is 2. The largest absolute Gasteiger partial charge is 0.497 e. The van der Waals surface area contributed by atoms with Crippen molar-refractivity contribution in [3.05, 3.63) is 40.6 Å². The minimum absolute atomic E-state index is 0.0256. The van der Waals surface area contributed by atoms with Crippen LogP contribution < -0.4 is 25.2 Å². The van der Waals surface area contributed by atoms with Crippen molar-refractivity contribution in [2.24, 2.45) is 13.0 Å². The molecule has 2 heterocycles. The fourth-order valence-electron chi connectivity index (χ4n) is 3.16. The van der Waals surface area contributed by atoms with Crippen molar-refractivity contribution in [3.63, 3.8) is 0 Å². The van der Waals surface area contributed by atoms with E-state index >= 15 is 0 Å². The van der Waals surface area contributed by atoms with Crippen LogP contribution in [0.5, 0.6) is 11.5 Å². The maximum Gasteiger partial charge on any atom is 0.286 e. The van der Waals surface area contributed by atoms with E-state index in [0.29, 0.717) is 22.9 Å². The molecular formula is C19H21BrN4O5. The number of amides is 3. The molecule has 9 nitrogen and oxygen atoms in total. The molecule has 10 heteroatoms. The van der Waals surface area contributed by atoms with Gasteiger partial charge >= 0.3 is 0 Å². The number of methoxy groups -OCH3 is 2. The number of ether oxygens (including phenoxy) is 2. The highest BCUT2D eigenvalue weighted by Gasteiger charge is 2.36. The van der Waals surface area contributed by atoms with Crippen molar-refractivity contribution in [2.75, 3.05) is 25.7 Å². The van der Waals surface area contributed by atoms with Crippen LogP contribution in [0.1, 0.15) is 16.9 Å². The maximum absolute atomic E-state index is 12.5. The number of hydrazine groups is 1. The van der Waals surface area contributed by atoms with Crippen molar-refractivity contribution in [1.82, 2.24) is 15.4 Å². The number of aryl methyl sites for hydroxylation is 1. The predicted octanol–water partition coefficient (Wildman–Crippen LogP) is 1.62. The summed E-state index contributed by atoms with van der Waals surface area (Å²) in [6, 6.07) is 6.75. The number of rotatable bonds is 5. The molecule has 1 aliphatic heterocycles. The molecule has 2 aromatic rings. The van der Waals surface area contributed by atoms with Crippen molar-refractivity contribution in [3.8, 4) is 11.5 Å². The smallest absolute Gasteiger partial charge is 0.286 e. The van der Waals surface area contributed by atoms with Gasteiger partial charge in [-0.2, -0.15) is 0 Å². The van der Waals surface area contributed by atoms with Crippen LogP contribution in [0, 0.1) is 5.92 Å². The molecule has 3 rings (SSSR count). The topological polar surface area (TPSA) is 102 Å². The van der Waals surface area contributed by atoms with Gasteiger partial charge in [-0.05, 0) is 34.1 Å². The van der Waals surface area contributed by atoms with Gasteiger partial charge in [-0.1, -0.05) is 0 Å². The zero-order chi connectivity index (χ0) is 21.1. The monoisotopic (exact) mass is 464 g/mol. The Hall–Kier alpha value is -3.01. The van der Waals surface area contributed by atoms with Gasteiger partial charge < -0.3 is 18.9 Å². The Kier molecular flexibility index (Phi) is 6.12. The highest BCUT2D eigenvalue weighted by molar-refractivity contribution is 9.10. The van der Waals surface area contributed by atoms with E-state index in [0.717, 1.165) is 4.47 Å². The van der Waals surface area contributed by atoms with Crippen LogP contribution in [0.25, 0.3) is 0 Å². The Morgan fingerprint density at radius 3 is 2.55 bits per heavy atom. The maximum atomic E-state index is 12.5. The van der Waals surface area contributed by atoms with Crippen LogP contribution in [-0.4, -0.2) is 43.1 Å². The highest BCUT2D eigenvalue weighted by Crippen LogP contribution is 2.36. The molecule has 0 aliphatic carbocycles. The lowest BCUT2D eigenvalue weighted by Gasteiger charge is -2.20. The summed E-state index contributed by atoms with van der Waals surface area (Å²) in [5, 5.41) is 0. The molecule has 0 saturated carbocycles. The number of halogens is 1.